The fourth-order valence-corrected chi connectivity index (χ4v) is 3.75. The molecule has 2 aliphatic heterocycles. The lowest BCUT2D eigenvalue weighted by atomic mass is 10.1. The number of rotatable bonds is 8. The number of likely N-dealkylation sites (tertiary alicyclic amines) is 2. The zero-order chi connectivity index (χ0) is 17.5. The van der Waals surface area contributed by atoms with Crippen LogP contribution < -0.4 is 0 Å². The van der Waals surface area contributed by atoms with Crippen LogP contribution in [0, 0.1) is 0 Å². The molecule has 5 heteroatoms. The van der Waals surface area contributed by atoms with Crippen molar-refractivity contribution in [3.63, 3.8) is 0 Å². The van der Waals surface area contributed by atoms with Gasteiger partial charge in [0.15, 0.2) is 0 Å². The van der Waals surface area contributed by atoms with Crippen LogP contribution in [0.5, 0.6) is 0 Å². The molecule has 1 N–H and O–H groups in total. The highest BCUT2D eigenvalue weighted by atomic mass is 16.5. The number of piperidine rings is 1. The summed E-state index contributed by atoms with van der Waals surface area (Å²) in [6, 6.07) is 10.4. The summed E-state index contributed by atoms with van der Waals surface area (Å²) in [5.41, 5.74) is 1.32. The second-order valence-electron chi connectivity index (χ2n) is 7.20. The van der Waals surface area contributed by atoms with Gasteiger partial charge in [-0.2, -0.15) is 0 Å². The maximum atomic E-state index is 11.6. The van der Waals surface area contributed by atoms with Gasteiger partial charge in [-0.25, -0.2) is 0 Å². The van der Waals surface area contributed by atoms with E-state index >= 15 is 0 Å². The number of β-amino-alcohol motifs (C(OH)–C–C–N with tert-alkyl or cyclic N) is 1. The van der Waals surface area contributed by atoms with Crippen LogP contribution in [0.1, 0.15) is 31.2 Å². The molecule has 2 aliphatic rings. The molecule has 0 radical (unpaired) electrons. The Bertz CT molecular complexity index is 529. The average Bonchev–Trinajstić information content (AvgIpc) is 3.02. The van der Waals surface area contributed by atoms with Crippen molar-refractivity contribution in [3.05, 3.63) is 35.9 Å². The molecule has 0 spiro atoms. The number of aliphatic hydroxyl groups is 1. The Hall–Kier alpha value is -1.43. The van der Waals surface area contributed by atoms with Crippen molar-refractivity contribution in [3.8, 4) is 0 Å². The minimum absolute atomic E-state index is 0.185. The van der Waals surface area contributed by atoms with Crippen LogP contribution in [-0.4, -0.2) is 72.4 Å². The van der Waals surface area contributed by atoms with Crippen LogP contribution in [0.3, 0.4) is 0 Å². The molecule has 5 nitrogen and oxygen atoms in total. The standard InChI is InChI=1S/C20H30N2O3/c23-18(16-22-11-4-7-20(22)24)15-21-12-8-19(9-13-21)25-14-10-17-5-2-1-3-6-17/h1-3,5-6,18-19,23H,4,7-16H2. The van der Waals surface area contributed by atoms with E-state index in [0.29, 0.717) is 25.6 Å². The Labute approximate surface area is 150 Å². The zero-order valence-corrected chi connectivity index (χ0v) is 15.0. The summed E-state index contributed by atoms with van der Waals surface area (Å²) in [4.78, 5) is 15.7. The number of ether oxygens (including phenoxy) is 1. The SMILES string of the molecule is O=C1CCCN1CC(O)CN1CCC(OCCc2ccccc2)CC1. The molecule has 1 unspecified atom stereocenters. The highest BCUT2D eigenvalue weighted by molar-refractivity contribution is 5.78. The molecule has 3 rings (SSSR count). The third-order valence-electron chi connectivity index (χ3n) is 5.19. The molecule has 2 fully saturated rings. The van der Waals surface area contributed by atoms with E-state index in [0.717, 1.165) is 51.9 Å². The van der Waals surface area contributed by atoms with Crippen LogP contribution in [0.25, 0.3) is 0 Å². The summed E-state index contributed by atoms with van der Waals surface area (Å²) < 4.78 is 6.02. The topological polar surface area (TPSA) is 53.0 Å². The number of carbonyl (C=O) groups is 1. The number of carbonyl (C=O) groups excluding carboxylic acids is 1. The second-order valence-corrected chi connectivity index (χ2v) is 7.20. The van der Waals surface area contributed by atoms with E-state index < -0.39 is 6.10 Å². The van der Waals surface area contributed by atoms with Gasteiger partial charge in [0.1, 0.15) is 0 Å². The number of nitrogens with zero attached hydrogens (tertiary/aromatic N) is 2. The van der Waals surface area contributed by atoms with Crippen molar-refractivity contribution in [1.29, 1.82) is 0 Å². The lowest BCUT2D eigenvalue weighted by molar-refractivity contribution is -0.129. The predicted molar refractivity (Wildman–Crippen MR) is 97.4 cm³/mol. The van der Waals surface area contributed by atoms with E-state index in [1.165, 1.54) is 5.56 Å². The maximum absolute atomic E-state index is 11.6. The van der Waals surface area contributed by atoms with Gasteiger partial charge in [0.05, 0.1) is 18.8 Å². The van der Waals surface area contributed by atoms with Gasteiger partial charge >= 0.3 is 0 Å². The molecule has 0 aliphatic carbocycles. The van der Waals surface area contributed by atoms with Crippen molar-refractivity contribution in [1.82, 2.24) is 9.80 Å². The molecule has 138 valence electrons. The molecule has 25 heavy (non-hydrogen) atoms. The van der Waals surface area contributed by atoms with Gasteiger partial charge in [-0.15, -0.1) is 0 Å². The molecule has 0 saturated carbocycles. The van der Waals surface area contributed by atoms with E-state index in [1.54, 1.807) is 4.90 Å². The monoisotopic (exact) mass is 346 g/mol. The molecule has 1 atom stereocenters. The lowest BCUT2D eigenvalue weighted by Crippen LogP contribution is -2.44. The largest absolute Gasteiger partial charge is 0.390 e. The highest BCUT2D eigenvalue weighted by Gasteiger charge is 2.25. The Kier molecular flexibility index (Phi) is 6.84. The molecular weight excluding hydrogens is 316 g/mol. The van der Waals surface area contributed by atoms with E-state index in [1.807, 2.05) is 6.07 Å². The van der Waals surface area contributed by atoms with Gasteiger partial charge in [-0.1, -0.05) is 30.3 Å². The number of hydrogen-bond donors (Lipinski definition) is 1. The minimum atomic E-state index is -0.447. The Morgan fingerprint density at radius 3 is 2.56 bits per heavy atom. The summed E-state index contributed by atoms with van der Waals surface area (Å²) >= 11 is 0. The van der Waals surface area contributed by atoms with Crippen LogP contribution in [0.15, 0.2) is 30.3 Å². The van der Waals surface area contributed by atoms with E-state index in [-0.39, 0.29) is 5.91 Å². The summed E-state index contributed by atoms with van der Waals surface area (Å²) in [7, 11) is 0. The molecule has 0 aromatic heterocycles. The van der Waals surface area contributed by atoms with Crippen molar-refractivity contribution in [2.24, 2.45) is 0 Å². The van der Waals surface area contributed by atoms with Crippen molar-refractivity contribution < 1.29 is 14.6 Å². The summed E-state index contributed by atoms with van der Waals surface area (Å²) in [6.45, 7) is 4.62. The van der Waals surface area contributed by atoms with Crippen LogP contribution >= 0.6 is 0 Å². The Morgan fingerprint density at radius 2 is 1.88 bits per heavy atom. The molecule has 1 aromatic carbocycles. The lowest BCUT2D eigenvalue weighted by Gasteiger charge is -2.33. The van der Waals surface area contributed by atoms with Gasteiger partial charge in [0, 0.05) is 39.1 Å². The molecule has 2 heterocycles. The molecule has 0 bridgehead atoms. The second kappa shape index (κ2) is 9.32. The van der Waals surface area contributed by atoms with E-state index in [2.05, 4.69) is 29.2 Å². The highest BCUT2D eigenvalue weighted by Crippen LogP contribution is 2.16. The fraction of sp³-hybridized carbons (Fsp3) is 0.650. The van der Waals surface area contributed by atoms with Crippen LogP contribution in [-0.2, 0) is 16.0 Å². The Morgan fingerprint density at radius 1 is 1.12 bits per heavy atom. The molecule has 2 saturated heterocycles. The normalized spacial score (nSPS) is 21.0. The molecule has 1 aromatic rings. The maximum Gasteiger partial charge on any atom is 0.222 e. The fourth-order valence-electron chi connectivity index (χ4n) is 3.75. The third kappa shape index (κ3) is 5.80. The predicted octanol–water partition coefficient (Wildman–Crippen LogP) is 1.69. The molecular formula is C20H30N2O3. The van der Waals surface area contributed by atoms with Gasteiger partial charge < -0.3 is 19.6 Å². The molecule has 1 amide bonds. The smallest absolute Gasteiger partial charge is 0.222 e. The van der Waals surface area contributed by atoms with Crippen molar-refractivity contribution >= 4 is 5.91 Å². The first-order valence-electron chi connectivity index (χ1n) is 9.54. The summed E-state index contributed by atoms with van der Waals surface area (Å²) in [5, 5.41) is 10.2. The first-order chi connectivity index (χ1) is 12.2. The first kappa shape index (κ1) is 18.4. The Balaban J connectivity index is 1.29. The van der Waals surface area contributed by atoms with Crippen molar-refractivity contribution in [2.75, 3.05) is 39.3 Å². The van der Waals surface area contributed by atoms with Crippen molar-refractivity contribution in [2.45, 2.75) is 44.3 Å². The number of aliphatic hydroxyl groups excluding tert-OH is 1. The average molecular weight is 346 g/mol. The van der Waals surface area contributed by atoms with Gasteiger partial charge in [0.2, 0.25) is 5.91 Å². The quantitative estimate of drug-likeness (QED) is 0.778. The van der Waals surface area contributed by atoms with Gasteiger partial charge in [0.25, 0.3) is 0 Å². The van der Waals surface area contributed by atoms with Gasteiger partial charge in [-0.3, -0.25) is 4.79 Å². The summed E-state index contributed by atoms with van der Waals surface area (Å²) in [5.74, 6) is 0.185. The minimum Gasteiger partial charge on any atom is -0.390 e. The first-order valence-corrected chi connectivity index (χ1v) is 9.54. The number of benzene rings is 1. The third-order valence-corrected chi connectivity index (χ3v) is 5.19. The summed E-state index contributed by atoms with van der Waals surface area (Å²) in [6.07, 6.45) is 4.45. The zero-order valence-electron chi connectivity index (χ0n) is 15.0. The van der Waals surface area contributed by atoms with E-state index in [9.17, 15) is 9.90 Å². The number of hydrogen-bond acceptors (Lipinski definition) is 4. The van der Waals surface area contributed by atoms with Gasteiger partial charge in [-0.05, 0) is 31.2 Å². The van der Waals surface area contributed by atoms with Crippen LogP contribution in [0.4, 0.5) is 0 Å². The van der Waals surface area contributed by atoms with Crippen LogP contribution in [0.2, 0.25) is 0 Å². The number of amides is 1. The van der Waals surface area contributed by atoms with E-state index in [4.69, 9.17) is 4.74 Å².